The maximum absolute atomic E-state index is 5.93. The smallest absolute Gasteiger partial charge is 1.00 e. The van der Waals surface area contributed by atoms with Gasteiger partial charge in [-0.1, -0.05) is 0 Å². The third kappa shape index (κ3) is 4.77. The van der Waals surface area contributed by atoms with Crippen molar-refractivity contribution >= 4 is 12.0 Å². The summed E-state index contributed by atoms with van der Waals surface area (Å²) in [5, 5.41) is 0. The van der Waals surface area contributed by atoms with E-state index in [1.165, 1.54) is 20.6 Å². The van der Waals surface area contributed by atoms with Crippen LogP contribution in [0.5, 0.6) is 0 Å². The number of rotatable bonds is 4. The Hall–Kier alpha value is 0.564. The van der Waals surface area contributed by atoms with Crippen molar-refractivity contribution in [1.29, 1.82) is 0 Å². The van der Waals surface area contributed by atoms with Crippen LogP contribution in [0.1, 0.15) is 40.5 Å². The summed E-state index contributed by atoms with van der Waals surface area (Å²) in [6.07, 6.45) is 11.5. The Morgan fingerprint density at radius 3 is 2.43 bits per heavy atom. The first kappa shape index (κ1) is 21.6. The number of allylic oxidation sites excluding steroid dienone is 6. The van der Waals surface area contributed by atoms with E-state index < -0.39 is 0 Å². The van der Waals surface area contributed by atoms with Crippen LogP contribution in [-0.2, 0) is 24.6 Å². The molecule has 0 N–H and O–H groups in total. The number of hydrogen-bond acceptors (Lipinski definition) is 2. The summed E-state index contributed by atoms with van der Waals surface area (Å²) in [7, 11) is 0. The quantitative estimate of drug-likeness (QED) is 0.451. The molecule has 0 aromatic carbocycles. The monoisotopic (exact) mass is 379 g/mol. The van der Waals surface area contributed by atoms with E-state index in [-0.39, 0.29) is 35.7 Å². The van der Waals surface area contributed by atoms with Crippen molar-refractivity contribution in [3.05, 3.63) is 44.9 Å². The van der Waals surface area contributed by atoms with Gasteiger partial charge in [0.2, 0.25) is 0 Å². The van der Waals surface area contributed by atoms with Crippen molar-refractivity contribution in [1.82, 2.24) is 0 Å². The van der Waals surface area contributed by atoms with Crippen LogP contribution in [0, 0.1) is 0 Å². The maximum Gasteiger partial charge on any atom is -1.00 e. The predicted molar refractivity (Wildman–Crippen MR) is 79.5 cm³/mol. The van der Waals surface area contributed by atoms with Crippen LogP contribution in [-0.4, -0.2) is 10.9 Å². The molecule has 0 saturated carbocycles. The van der Waals surface area contributed by atoms with Gasteiger partial charge < -0.3 is 24.8 Å². The Balaban J connectivity index is 0.00000200. The molecular formula is C16H21Cl2OSTi. The molecule has 2 aliphatic carbocycles. The molecule has 0 bridgehead atoms. The second-order valence-corrected chi connectivity index (χ2v) is 7.53. The standard InChI is InChI=1S/C16H21OS.2ClH.Ti/c1-12(2)17-18-16(15-7-5-6-8-15)10-9-13(3)11-14(16)4;;;/h5,7,9,11-12H,6,10H2,1-4H3;2*1H;/q;;;+2/p-2. The van der Waals surface area contributed by atoms with Gasteiger partial charge in [-0.3, -0.25) is 0 Å². The van der Waals surface area contributed by atoms with Gasteiger partial charge in [-0.25, -0.2) is 0 Å². The number of halogens is 2. The average molecular weight is 380 g/mol. The molecule has 0 radical (unpaired) electrons. The van der Waals surface area contributed by atoms with E-state index in [0.29, 0.717) is 0 Å². The second-order valence-electron chi connectivity index (χ2n) is 5.53. The zero-order chi connectivity index (χ0) is 14.0. The molecule has 21 heavy (non-hydrogen) atoms. The molecule has 5 heteroatoms. The molecule has 0 saturated heterocycles. The van der Waals surface area contributed by atoms with Crippen LogP contribution < -0.4 is 24.8 Å². The third-order valence-corrected chi connectivity index (χ3v) is 5.76. The predicted octanol–water partition coefficient (Wildman–Crippen LogP) is -1.14. The van der Waals surface area contributed by atoms with Crippen LogP contribution in [0.15, 0.2) is 44.9 Å². The minimum absolute atomic E-state index is 0. The number of hydrogen-bond donors (Lipinski definition) is 0. The Bertz CT molecular complexity index is 495. The fourth-order valence-electron chi connectivity index (χ4n) is 2.51. The SMILES string of the molecule is CC1=CCC(SOC(C)C)(C2=[C]([Ti+2])CC=C2)C(C)=C1.[Cl-].[Cl-]. The average Bonchev–Trinajstić information content (AvgIpc) is 2.75. The Morgan fingerprint density at radius 1 is 1.29 bits per heavy atom. The largest absolute Gasteiger partial charge is 1.00 e. The molecule has 0 aromatic rings. The molecule has 1 unspecified atom stereocenters. The molecule has 0 aliphatic heterocycles. The summed E-state index contributed by atoms with van der Waals surface area (Å²) in [6, 6.07) is 0. The summed E-state index contributed by atoms with van der Waals surface area (Å²) >= 11 is 3.88. The van der Waals surface area contributed by atoms with Gasteiger partial charge >= 0.3 is 133 Å². The van der Waals surface area contributed by atoms with Gasteiger partial charge in [0.05, 0.1) is 0 Å². The molecule has 115 valence electrons. The van der Waals surface area contributed by atoms with E-state index >= 15 is 0 Å². The Morgan fingerprint density at radius 2 is 1.95 bits per heavy atom. The van der Waals surface area contributed by atoms with Crippen molar-refractivity contribution < 1.29 is 49.4 Å². The Kier molecular flexibility index (Phi) is 9.25. The molecule has 2 rings (SSSR count). The maximum atomic E-state index is 5.93. The minimum Gasteiger partial charge on any atom is -1.00 e. The topological polar surface area (TPSA) is 9.23 Å². The first-order valence-electron chi connectivity index (χ1n) is 6.77. The van der Waals surface area contributed by atoms with Crippen molar-refractivity contribution in [2.75, 3.05) is 0 Å². The van der Waals surface area contributed by atoms with Crippen LogP contribution in [0.3, 0.4) is 0 Å². The second kappa shape index (κ2) is 9.01. The van der Waals surface area contributed by atoms with Gasteiger partial charge in [0.25, 0.3) is 0 Å². The van der Waals surface area contributed by atoms with Crippen LogP contribution in [0.25, 0.3) is 0 Å². The van der Waals surface area contributed by atoms with E-state index in [9.17, 15) is 0 Å². The van der Waals surface area contributed by atoms with Gasteiger partial charge in [-0.2, -0.15) is 0 Å². The molecule has 0 heterocycles. The first-order chi connectivity index (χ1) is 8.95. The van der Waals surface area contributed by atoms with Crippen LogP contribution >= 0.6 is 12.0 Å². The van der Waals surface area contributed by atoms with Gasteiger partial charge in [-0.15, -0.1) is 0 Å². The van der Waals surface area contributed by atoms with Gasteiger partial charge in [0.15, 0.2) is 0 Å². The van der Waals surface area contributed by atoms with Crippen molar-refractivity contribution in [2.24, 2.45) is 0 Å². The third-order valence-electron chi connectivity index (χ3n) is 3.54. The fourth-order valence-corrected chi connectivity index (χ4v) is 4.28. The van der Waals surface area contributed by atoms with E-state index in [2.05, 4.69) is 72.4 Å². The molecule has 1 atom stereocenters. The molecule has 0 spiro atoms. The van der Waals surface area contributed by atoms with Gasteiger partial charge in [-0.05, 0) is 0 Å². The van der Waals surface area contributed by atoms with E-state index in [4.69, 9.17) is 4.18 Å². The summed E-state index contributed by atoms with van der Waals surface area (Å²) in [6.45, 7) is 8.59. The fraction of sp³-hybridized carbons (Fsp3) is 0.500. The summed E-state index contributed by atoms with van der Waals surface area (Å²) < 4.78 is 7.38. The molecule has 1 nitrogen and oxygen atoms in total. The van der Waals surface area contributed by atoms with E-state index in [0.717, 1.165) is 12.8 Å². The van der Waals surface area contributed by atoms with E-state index in [1.54, 1.807) is 12.0 Å². The molecule has 0 aromatic heterocycles. The Labute approximate surface area is 157 Å². The minimum atomic E-state index is -0.0269. The zero-order valence-corrected chi connectivity index (χ0v) is 16.8. The molecule has 2 aliphatic rings. The molecule has 0 fully saturated rings. The van der Waals surface area contributed by atoms with Crippen molar-refractivity contribution in [3.8, 4) is 0 Å². The van der Waals surface area contributed by atoms with Crippen molar-refractivity contribution in [2.45, 2.75) is 51.4 Å². The summed E-state index contributed by atoms with van der Waals surface area (Å²) in [4.78, 5) is 0. The summed E-state index contributed by atoms with van der Waals surface area (Å²) in [5.74, 6) is 0. The molecular weight excluding hydrogens is 359 g/mol. The summed E-state index contributed by atoms with van der Waals surface area (Å²) in [5.41, 5.74) is 4.20. The van der Waals surface area contributed by atoms with Crippen molar-refractivity contribution in [3.63, 3.8) is 0 Å². The zero-order valence-electron chi connectivity index (χ0n) is 12.9. The first-order valence-corrected chi connectivity index (χ1v) is 8.30. The normalized spacial score (nSPS) is 24.5. The van der Waals surface area contributed by atoms with Crippen LogP contribution in [0.2, 0.25) is 0 Å². The van der Waals surface area contributed by atoms with Gasteiger partial charge in [0.1, 0.15) is 0 Å². The van der Waals surface area contributed by atoms with Gasteiger partial charge in [0, 0.05) is 0 Å². The molecule has 0 amide bonds. The van der Waals surface area contributed by atoms with Crippen LogP contribution in [0.4, 0.5) is 0 Å². The van der Waals surface area contributed by atoms with E-state index in [1.807, 2.05) is 0 Å².